The van der Waals surface area contributed by atoms with Crippen molar-refractivity contribution in [3.8, 4) is 0 Å². The first-order valence-electron chi connectivity index (χ1n) is 14.8. The second-order valence-electron chi connectivity index (χ2n) is 10.6. The maximum Gasteiger partial charge on any atom is 0.251 e. The molecule has 45 heavy (non-hydrogen) atoms. The third-order valence-corrected chi connectivity index (χ3v) is 7.17. The Kier molecular flexibility index (Phi) is 9.73. The molecule has 0 radical (unpaired) electrons. The molecule has 3 aromatic carbocycles. The summed E-state index contributed by atoms with van der Waals surface area (Å²) < 4.78 is 5.48. The number of benzene rings is 3. The van der Waals surface area contributed by atoms with Crippen LogP contribution in [0.15, 0.2) is 72.8 Å². The van der Waals surface area contributed by atoms with Crippen molar-refractivity contribution in [2.24, 2.45) is 0 Å². The molecule has 1 aromatic heterocycles. The maximum absolute atomic E-state index is 12.8. The number of hydrogen-bond donors (Lipinski definition) is 3. The van der Waals surface area contributed by atoms with Crippen LogP contribution >= 0.6 is 0 Å². The van der Waals surface area contributed by atoms with E-state index in [9.17, 15) is 4.79 Å². The van der Waals surface area contributed by atoms with Gasteiger partial charge in [-0.3, -0.25) is 4.79 Å². The van der Waals surface area contributed by atoms with Crippen LogP contribution in [0.5, 0.6) is 0 Å². The van der Waals surface area contributed by atoms with Crippen molar-refractivity contribution < 1.29 is 29.1 Å². The number of ether oxygens (including phenoxy) is 1. The number of nitrogens with zero attached hydrogens (tertiary/aromatic N) is 4. The number of carbonyl (C=O) groups excluding carboxylic acids is 1. The quantitative estimate of drug-likeness (QED) is 0.171. The smallest absolute Gasteiger partial charge is 0.251 e. The van der Waals surface area contributed by atoms with Crippen LogP contribution < -0.4 is 20.9 Å². The summed E-state index contributed by atoms with van der Waals surface area (Å²) in [7, 11) is 0. The van der Waals surface area contributed by atoms with Gasteiger partial charge in [-0.15, -0.1) is 0 Å². The molecule has 4 aromatic rings. The second-order valence-corrected chi connectivity index (χ2v) is 10.6. The number of aryl methyl sites for hydroxylation is 2. The Morgan fingerprint density at radius 1 is 0.733 bits per heavy atom. The molecule has 1 amide bonds. The van der Waals surface area contributed by atoms with Gasteiger partial charge >= 0.3 is 0 Å². The predicted molar refractivity (Wildman–Crippen MR) is 166 cm³/mol. The zero-order chi connectivity index (χ0) is 31.0. The fourth-order valence-electron chi connectivity index (χ4n) is 4.59. The Balaban J connectivity index is 1.00. The third-order valence-electron chi connectivity index (χ3n) is 7.17. The zero-order valence-corrected chi connectivity index (χ0v) is 25.1. The zero-order valence-electron chi connectivity index (χ0n) is 25.1. The molecule has 0 aliphatic carbocycles. The number of aromatic nitrogens is 3. The molecule has 13 nitrogen and oxygen atoms in total. The van der Waals surface area contributed by atoms with Crippen LogP contribution in [0.3, 0.4) is 0 Å². The number of hydrogen-bond acceptors (Lipinski definition) is 12. The summed E-state index contributed by atoms with van der Waals surface area (Å²) >= 11 is 0. The summed E-state index contributed by atoms with van der Waals surface area (Å²) in [4.78, 5) is 50.2. The van der Waals surface area contributed by atoms with Crippen LogP contribution in [0.2, 0.25) is 0 Å². The summed E-state index contributed by atoms with van der Waals surface area (Å²) in [6.07, 6.45) is -1.68. The fourth-order valence-corrected chi connectivity index (χ4v) is 4.59. The molecule has 6 rings (SSSR count). The van der Waals surface area contributed by atoms with E-state index in [0.717, 1.165) is 22.4 Å². The van der Waals surface area contributed by atoms with Crippen LogP contribution in [0.25, 0.3) is 0 Å². The summed E-state index contributed by atoms with van der Waals surface area (Å²) in [6, 6.07) is 22.4. The minimum atomic E-state index is -0.888. The molecule has 0 spiro atoms. The van der Waals surface area contributed by atoms with E-state index in [4.69, 9.17) is 24.3 Å². The van der Waals surface area contributed by atoms with Crippen molar-refractivity contribution in [1.29, 1.82) is 0 Å². The number of nitrogens with one attached hydrogen (secondary N) is 3. The molecule has 3 heterocycles. The van der Waals surface area contributed by atoms with Crippen molar-refractivity contribution in [3.63, 3.8) is 0 Å². The van der Waals surface area contributed by atoms with Crippen molar-refractivity contribution in [1.82, 2.24) is 20.3 Å². The Labute approximate surface area is 260 Å². The molecule has 13 heteroatoms. The predicted octanol–water partition coefficient (Wildman–Crippen LogP) is 4.52. The Morgan fingerprint density at radius 2 is 1.29 bits per heavy atom. The van der Waals surface area contributed by atoms with Gasteiger partial charge in [-0.1, -0.05) is 59.7 Å². The van der Waals surface area contributed by atoms with Gasteiger partial charge in [-0.05, 0) is 38.1 Å². The van der Waals surface area contributed by atoms with Gasteiger partial charge in [0.25, 0.3) is 5.91 Å². The Morgan fingerprint density at radius 3 is 1.91 bits per heavy atom. The highest BCUT2D eigenvalue weighted by Crippen LogP contribution is 2.32. The van der Waals surface area contributed by atoms with E-state index in [2.05, 4.69) is 35.8 Å². The fraction of sp³-hybridized carbons (Fsp3) is 0.312. The van der Waals surface area contributed by atoms with E-state index in [1.165, 1.54) is 0 Å². The van der Waals surface area contributed by atoms with Crippen LogP contribution in [0, 0.1) is 13.8 Å². The summed E-state index contributed by atoms with van der Waals surface area (Å²) in [5, 5.41) is 9.36. The third kappa shape index (κ3) is 8.09. The molecular weight excluding hydrogens is 578 g/mol. The number of carbonyl (C=O) groups is 1. The van der Waals surface area contributed by atoms with Gasteiger partial charge < -0.3 is 25.6 Å². The number of anilines is 4. The highest BCUT2D eigenvalue weighted by molar-refractivity contribution is 5.94. The van der Waals surface area contributed by atoms with Gasteiger partial charge in [0, 0.05) is 48.6 Å². The van der Waals surface area contributed by atoms with Crippen molar-refractivity contribution >= 4 is 29.4 Å². The lowest BCUT2D eigenvalue weighted by Crippen LogP contribution is -2.37. The average molecular weight is 614 g/mol. The van der Waals surface area contributed by atoms with Crippen LogP contribution in [-0.2, 0) is 24.3 Å². The number of morpholine rings is 1. The highest BCUT2D eigenvalue weighted by atomic mass is 17.4. The largest absolute Gasteiger partial charge is 0.378 e. The number of rotatable bonds is 10. The van der Waals surface area contributed by atoms with E-state index in [0.29, 0.717) is 68.4 Å². The molecule has 0 saturated carbocycles. The normalized spacial score (nSPS) is 18.3. The molecule has 234 valence electrons. The van der Waals surface area contributed by atoms with Gasteiger partial charge in [-0.25, -0.2) is 0 Å². The SMILES string of the molecule is Cc1ccc(Nc2nc(NCCNC(=O)c3ccc(C4OOC(c5ccc(C)cc5)OO4)cc3)nc(N3CCOCC3)n2)cc1. The standard InChI is InChI=1S/C32H35N7O6/c1-21-3-7-24(8-4-21)28-42-44-29(45-43-28)25-11-9-23(10-12-25)27(40)33-15-16-34-30-36-31(35-26-13-5-22(2)6-14-26)38-32(37-30)39-17-19-41-20-18-39/h3-14,28-29H,15-20H2,1-2H3,(H,33,40)(H2,34,35,36,37,38). The monoisotopic (exact) mass is 613 g/mol. The second kappa shape index (κ2) is 14.4. The Hall–Kier alpha value is -4.66. The van der Waals surface area contributed by atoms with E-state index in [1.54, 1.807) is 24.3 Å². The number of amides is 1. The lowest BCUT2D eigenvalue weighted by atomic mass is 10.1. The summed E-state index contributed by atoms with van der Waals surface area (Å²) in [5.41, 5.74) is 5.04. The van der Waals surface area contributed by atoms with E-state index >= 15 is 0 Å². The van der Waals surface area contributed by atoms with Gasteiger partial charge in [0.1, 0.15) is 0 Å². The van der Waals surface area contributed by atoms with Gasteiger partial charge in [0.2, 0.25) is 30.4 Å². The lowest BCUT2D eigenvalue weighted by molar-refractivity contribution is -0.600. The molecule has 2 aliphatic heterocycles. The topological polar surface area (TPSA) is 141 Å². The molecule has 3 N–H and O–H groups in total. The maximum atomic E-state index is 12.8. The van der Waals surface area contributed by atoms with E-state index in [-0.39, 0.29) is 5.91 Å². The minimum absolute atomic E-state index is 0.229. The van der Waals surface area contributed by atoms with Crippen molar-refractivity contribution in [2.45, 2.75) is 26.4 Å². The first-order chi connectivity index (χ1) is 22.0. The molecule has 0 bridgehead atoms. The summed E-state index contributed by atoms with van der Waals surface area (Å²) in [6.45, 7) is 7.38. The first kappa shape index (κ1) is 30.4. The van der Waals surface area contributed by atoms with Crippen LogP contribution in [-0.4, -0.2) is 60.3 Å². The molecular formula is C32H35N7O6. The van der Waals surface area contributed by atoms with Crippen molar-refractivity contribution in [2.75, 3.05) is 54.9 Å². The van der Waals surface area contributed by atoms with Gasteiger partial charge in [0.15, 0.2) is 0 Å². The minimum Gasteiger partial charge on any atom is -0.378 e. The average Bonchev–Trinajstić information content (AvgIpc) is 3.08. The summed E-state index contributed by atoms with van der Waals surface area (Å²) in [5.74, 6) is 1.16. The lowest BCUT2D eigenvalue weighted by Gasteiger charge is -2.27. The van der Waals surface area contributed by atoms with Gasteiger partial charge in [0.05, 0.1) is 13.2 Å². The molecule has 2 aliphatic rings. The van der Waals surface area contributed by atoms with E-state index < -0.39 is 12.6 Å². The first-order valence-corrected chi connectivity index (χ1v) is 14.8. The highest BCUT2D eigenvalue weighted by Gasteiger charge is 2.28. The van der Waals surface area contributed by atoms with Crippen molar-refractivity contribution in [3.05, 3.63) is 101 Å². The Bertz CT molecular complexity index is 1560. The molecule has 2 fully saturated rings. The van der Waals surface area contributed by atoms with E-state index in [1.807, 2.05) is 62.4 Å². The molecule has 2 saturated heterocycles. The van der Waals surface area contributed by atoms with Gasteiger partial charge in [-0.2, -0.15) is 34.5 Å². The molecule has 0 unspecified atom stereocenters. The van der Waals surface area contributed by atoms with Crippen LogP contribution in [0.1, 0.15) is 45.2 Å². The molecule has 0 atom stereocenters. The van der Waals surface area contributed by atoms with Crippen LogP contribution in [0.4, 0.5) is 23.5 Å².